The average molecular weight is 353 g/mol. The Balaban J connectivity index is 1.67. The second-order valence-corrected chi connectivity index (χ2v) is 7.86. The summed E-state index contributed by atoms with van der Waals surface area (Å²) >= 11 is 0. The molecule has 1 aromatic carbocycles. The molecule has 1 aliphatic heterocycles. The number of hydrogen-bond donors (Lipinski definition) is 0. The summed E-state index contributed by atoms with van der Waals surface area (Å²) in [6, 6.07) is 12.5. The SMILES string of the molecule is C/C=C\C(=C/C)CC(c1ccccc1)N1CCN(C2CCCCC2)CC1. The van der Waals surface area contributed by atoms with Gasteiger partial charge in [0, 0.05) is 38.3 Å². The molecule has 26 heavy (non-hydrogen) atoms. The van der Waals surface area contributed by atoms with E-state index in [0.717, 1.165) is 12.5 Å². The van der Waals surface area contributed by atoms with Crippen molar-refractivity contribution >= 4 is 0 Å². The van der Waals surface area contributed by atoms with Gasteiger partial charge in [0.25, 0.3) is 0 Å². The molecular weight excluding hydrogens is 316 g/mol. The van der Waals surface area contributed by atoms with Crippen molar-refractivity contribution in [1.82, 2.24) is 9.80 Å². The van der Waals surface area contributed by atoms with Gasteiger partial charge in [-0.25, -0.2) is 0 Å². The molecule has 1 aromatic rings. The molecule has 2 nitrogen and oxygen atoms in total. The van der Waals surface area contributed by atoms with Gasteiger partial charge < -0.3 is 0 Å². The Kier molecular flexibility index (Phi) is 7.52. The van der Waals surface area contributed by atoms with Crippen molar-refractivity contribution in [2.75, 3.05) is 26.2 Å². The van der Waals surface area contributed by atoms with Gasteiger partial charge in [0.1, 0.15) is 0 Å². The molecule has 1 saturated heterocycles. The van der Waals surface area contributed by atoms with Gasteiger partial charge in [-0.3, -0.25) is 9.80 Å². The van der Waals surface area contributed by atoms with Crippen LogP contribution in [0.1, 0.15) is 64.0 Å². The highest BCUT2D eigenvalue weighted by molar-refractivity contribution is 5.25. The van der Waals surface area contributed by atoms with E-state index >= 15 is 0 Å². The molecule has 1 saturated carbocycles. The molecule has 3 rings (SSSR count). The fourth-order valence-electron chi connectivity index (χ4n) is 4.71. The van der Waals surface area contributed by atoms with Crippen molar-refractivity contribution < 1.29 is 0 Å². The van der Waals surface area contributed by atoms with Crippen LogP contribution in [-0.4, -0.2) is 42.0 Å². The molecule has 0 spiro atoms. The Morgan fingerprint density at radius 1 is 1.00 bits per heavy atom. The lowest BCUT2D eigenvalue weighted by Gasteiger charge is -2.43. The predicted molar refractivity (Wildman–Crippen MR) is 112 cm³/mol. The van der Waals surface area contributed by atoms with Crippen molar-refractivity contribution in [2.45, 2.75) is 64.5 Å². The monoisotopic (exact) mass is 352 g/mol. The Labute approximate surface area is 160 Å². The third kappa shape index (κ3) is 5.08. The van der Waals surface area contributed by atoms with E-state index in [0.29, 0.717) is 6.04 Å². The molecule has 2 aliphatic rings. The van der Waals surface area contributed by atoms with Crippen LogP contribution in [0, 0.1) is 0 Å². The van der Waals surface area contributed by atoms with E-state index in [9.17, 15) is 0 Å². The van der Waals surface area contributed by atoms with Crippen LogP contribution in [0.25, 0.3) is 0 Å². The third-order valence-electron chi connectivity index (χ3n) is 6.25. The van der Waals surface area contributed by atoms with Crippen molar-refractivity contribution in [2.24, 2.45) is 0 Å². The van der Waals surface area contributed by atoms with Crippen LogP contribution >= 0.6 is 0 Å². The van der Waals surface area contributed by atoms with Crippen LogP contribution in [0.2, 0.25) is 0 Å². The van der Waals surface area contributed by atoms with Gasteiger partial charge in [0.05, 0.1) is 0 Å². The molecule has 2 fully saturated rings. The average Bonchev–Trinajstić information content (AvgIpc) is 2.72. The summed E-state index contributed by atoms with van der Waals surface area (Å²) in [6.45, 7) is 9.15. The van der Waals surface area contributed by atoms with E-state index in [1.165, 1.54) is 69.4 Å². The number of hydrogen-bond acceptors (Lipinski definition) is 2. The largest absolute Gasteiger partial charge is 0.298 e. The number of rotatable bonds is 6. The zero-order chi connectivity index (χ0) is 18.2. The zero-order valence-electron chi connectivity index (χ0n) is 16.7. The van der Waals surface area contributed by atoms with Gasteiger partial charge in [0.15, 0.2) is 0 Å². The highest BCUT2D eigenvalue weighted by Crippen LogP contribution is 2.31. The summed E-state index contributed by atoms with van der Waals surface area (Å²) in [4.78, 5) is 5.50. The normalized spacial score (nSPS) is 22.8. The van der Waals surface area contributed by atoms with Gasteiger partial charge >= 0.3 is 0 Å². The molecule has 1 heterocycles. The fourth-order valence-corrected chi connectivity index (χ4v) is 4.71. The van der Waals surface area contributed by atoms with E-state index in [1.807, 2.05) is 0 Å². The summed E-state index contributed by atoms with van der Waals surface area (Å²) in [5.41, 5.74) is 2.90. The standard InChI is InChI=1S/C24H36N2/c1-3-11-21(4-2)20-24(22-12-7-5-8-13-22)26-18-16-25(17-19-26)23-14-9-6-10-15-23/h3-5,7-8,11-13,23-24H,6,9-10,14-20H2,1-2H3/b11-3-,21-4+. The summed E-state index contributed by atoms with van der Waals surface area (Å²) in [6.07, 6.45) is 15.0. The molecule has 1 aliphatic carbocycles. The van der Waals surface area contributed by atoms with Crippen molar-refractivity contribution in [3.05, 3.63) is 59.7 Å². The first-order valence-electron chi connectivity index (χ1n) is 10.6. The minimum absolute atomic E-state index is 0.493. The first-order valence-corrected chi connectivity index (χ1v) is 10.6. The molecule has 0 bridgehead atoms. The maximum absolute atomic E-state index is 2.78. The Morgan fingerprint density at radius 3 is 2.31 bits per heavy atom. The molecule has 1 unspecified atom stereocenters. The fraction of sp³-hybridized carbons (Fsp3) is 0.583. The molecule has 1 atom stereocenters. The van der Waals surface area contributed by atoms with Crippen molar-refractivity contribution in [3.8, 4) is 0 Å². The van der Waals surface area contributed by atoms with Crippen LogP contribution in [0.5, 0.6) is 0 Å². The van der Waals surface area contributed by atoms with Gasteiger partial charge in [-0.1, -0.05) is 73.4 Å². The first-order chi connectivity index (χ1) is 12.8. The van der Waals surface area contributed by atoms with Gasteiger partial charge in [0.2, 0.25) is 0 Å². The maximum Gasteiger partial charge on any atom is 0.0389 e. The van der Waals surface area contributed by atoms with E-state index in [4.69, 9.17) is 0 Å². The van der Waals surface area contributed by atoms with E-state index in [1.54, 1.807) is 0 Å². The second kappa shape index (κ2) is 10.1. The quantitative estimate of drug-likeness (QED) is 0.616. The highest BCUT2D eigenvalue weighted by Gasteiger charge is 2.29. The smallest absolute Gasteiger partial charge is 0.0389 e. The Bertz CT molecular complexity index is 575. The molecule has 2 heteroatoms. The summed E-state index contributed by atoms with van der Waals surface area (Å²) in [5.74, 6) is 0. The van der Waals surface area contributed by atoms with Crippen LogP contribution in [0.15, 0.2) is 54.1 Å². The minimum atomic E-state index is 0.493. The van der Waals surface area contributed by atoms with E-state index < -0.39 is 0 Å². The lowest BCUT2D eigenvalue weighted by molar-refractivity contribution is 0.0561. The number of benzene rings is 1. The first kappa shape index (κ1) is 19.4. The summed E-state index contributed by atoms with van der Waals surface area (Å²) in [5, 5.41) is 0. The Morgan fingerprint density at radius 2 is 1.69 bits per heavy atom. The van der Waals surface area contributed by atoms with Gasteiger partial charge in [-0.05, 0) is 38.7 Å². The summed E-state index contributed by atoms with van der Waals surface area (Å²) < 4.78 is 0. The van der Waals surface area contributed by atoms with Crippen LogP contribution < -0.4 is 0 Å². The van der Waals surface area contributed by atoms with E-state index in [2.05, 4.69) is 72.2 Å². The maximum atomic E-state index is 2.78. The minimum Gasteiger partial charge on any atom is -0.298 e. The molecule has 0 radical (unpaired) electrons. The molecule has 0 aromatic heterocycles. The highest BCUT2D eigenvalue weighted by atomic mass is 15.3. The predicted octanol–water partition coefficient (Wildman–Crippen LogP) is 5.59. The lowest BCUT2D eigenvalue weighted by Crippen LogP contribution is -2.51. The van der Waals surface area contributed by atoms with Crippen molar-refractivity contribution in [3.63, 3.8) is 0 Å². The topological polar surface area (TPSA) is 6.48 Å². The number of nitrogens with zero attached hydrogens (tertiary/aromatic N) is 2. The van der Waals surface area contributed by atoms with Gasteiger partial charge in [-0.2, -0.15) is 0 Å². The molecule has 142 valence electrons. The van der Waals surface area contributed by atoms with Crippen LogP contribution in [0.4, 0.5) is 0 Å². The zero-order valence-corrected chi connectivity index (χ0v) is 16.7. The molecular formula is C24H36N2. The van der Waals surface area contributed by atoms with Crippen LogP contribution in [-0.2, 0) is 0 Å². The number of piperazine rings is 1. The second-order valence-electron chi connectivity index (χ2n) is 7.86. The lowest BCUT2D eigenvalue weighted by atomic mass is 9.93. The third-order valence-corrected chi connectivity index (χ3v) is 6.25. The molecule has 0 amide bonds. The summed E-state index contributed by atoms with van der Waals surface area (Å²) in [7, 11) is 0. The van der Waals surface area contributed by atoms with Crippen molar-refractivity contribution in [1.29, 1.82) is 0 Å². The Hall–Kier alpha value is -1.38. The van der Waals surface area contributed by atoms with Gasteiger partial charge in [-0.15, -0.1) is 0 Å². The number of allylic oxidation sites excluding steroid dienone is 3. The van der Waals surface area contributed by atoms with Crippen LogP contribution in [0.3, 0.4) is 0 Å². The van der Waals surface area contributed by atoms with E-state index in [-0.39, 0.29) is 0 Å². The molecule has 0 N–H and O–H groups in total.